The van der Waals surface area contributed by atoms with Gasteiger partial charge in [0.2, 0.25) is 5.91 Å². The summed E-state index contributed by atoms with van der Waals surface area (Å²) in [5.74, 6) is -2.15. The van der Waals surface area contributed by atoms with E-state index in [1.54, 1.807) is 30.3 Å². The highest BCUT2D eigenvalue weighted by molar-refractivity contribution is 8.00. The van der Waals surface area contributed by atoms with Gasteiger partial charge in [-0.05, 0) is 23.8 Å². The first-order chi connectivity index (χ1) is 12.5. The molecule has 2 aromatic carbocycles. The first kappa shape index (κ1) is 19.5. The molecule has 0 aliphatic rings. The van der Waals surface area contributed by atoms with Gasteiger partial charge < -0.3 is 15.8 Å². The summed E-state index contributed by atoms with van der Waals surface area (Å²) < 4.78 is 18.4. The molecule has 0 saturated heterocycles. The summed E-state index contributed by atoms with van der Waals surface area (Å²) in [4.78, 5) is 35.3. The highest BCUT2D eigenvalue weighted by atomic mass is 32.2. The van der Waals surface area contributed by atoms with Gasteiger partial charge in [-0.25, -0.2) is 4.39 Å². The van der Waals surface area contributed by atoms with Crippen LogP contribution in [0.1, 0.15) is 5.56 Å². The Balaban J connectivity index is 1.86. The van der Waals surface area contributed by atoms with Crippen LogP contribution in [0.15, 0.2) is 53.4 Å². The molecule has 0 unspecified atom stereocenters. The number of para-hydroxylation sites is 1. The maximum Gasteiger partial charge on any atom is 0.310 e. The van der Waals surface area contributed by atoms with E-state index in [9.17, 15) is 18.8 Å². The van der Waals surface area contributed by atoms with Gasteiger partial charge in [-0.15, -0.1) is 11.8 Å². The summed E-state index contributed by atoms with van der Waals surface area (Å²) in [6.07, 6.45) is -0.259. The molecule has 136 valence electrons. The van der Waals surface area contributed by atoms with Crippen molar-refractivity contribution in [1.29, 1.82) is 0 Å². The maximum atomic E-state index is 13.5. The molecular formula is C18H17FN2O4S. The number of esters is 1. The zero-order chi connectivity index (χ0) is 18.9. The van der Waals surface area contributed by atoms with Gasteiger partial charge in [0.05, 0.1) is 17.9 Å². The average molecular weight is 376 g/mol. The van der Waals surface area contributed by atoms with Crippen molar-refractivity contribution in [3.63, 3.8) is 0 Å². The number of hydrogen-bond donors (Lipinski definition) is 2. The SMILES string of the molecule is NC(=O)CSc1ccccc1NC(=O)COC(=O)Cc1ccccc1F. The van der Waals surface area contributed by atoms with E-state index in [0.717, 1.165) is 0 Å². The molecule has 8 heteroatoms. The van der Waals surface area contributed by atoms with Crippen molar-refractivity contribution in [2.24, 2.45) is 5.73 Å². The number of primary amides is 1. The second kappa shape index (κ2) is 9.57. The molecule has 0 aromatic heterocycles. The number of anilines is 1. The number of ether oxygens (including phenoxy) is 1. The minimum Gasteiger partial charge on any atom is -0.455 e. The first-order valence-corrected chi connectivity index (χ1v) is 8.63. The Bertz CT molecular complexity index is 813. The quantitative estimate of drug-likeness (QED) is 0.543. The van der Waals surface area contributed by atoms with Crippen molar-refractivity contribution in [2.75, 3.05) is 17.7 Å². The second-order valence-electron chi connectivity index (χ2n) is 5.23. The van der Waals surface area contributed by atoms with E-state index >= 15 is 0 Å². The first-order valence-electron chi connectivity index (χ1n) is 7.64. The zero-order valence-electron chi connectivity index (χ0n) is 13.7. The molecule has 3 N–H and O–H groups in total. The third kappa shape index (κ3) is 6.21. The van der Waals surface area contributed by atoms with Gasteiger partial charge in [0.25, 0.3) is 5.91 Å². The van der Waals surface area contributed by atoms with Crippen molar-refractivity contribution in [3.05, 3.63) is 59.9 Å². The Morgan fingerprint density at radius 1 is 1.08 bits per heavy atom. The predicted molar refractivity (Wildman–Crippen MR) is 96.1 cm³/mol. The molecule has 0 heterocycles. The predicted octanol–water partition coefficient (Wildman–Crippen LogP) is 2.13. The standard InChI is InChI=1S/C18H17FN2O4S/c19-13-6-2-1-5-12(13)9-18(24)25-10-17(23)21-14-7-3-4-8-15(14)26-11-16(20)22/h1-8H,9-11H2,(H2,20,22)(H,21,23). The van der Waals surface area contributed by atoms with Gasteiger partial charge in [-0.1, -0.05) is 30.3 Å². The second-order valence-corrected chi connectivity index (χ2v) is 6.25. The van der Waals surface area contributed by atoms with Crippen LogP contribution in [0.4, 0.5) is 10.1 Å². The van der Waals surface area contributed by atoms with Crippen LogP contribution in [0.3, 0.4) is 0 Å². The lowest BCUT2D eigenvalue weighted by Gasteiger charge is -2.10. The van der Waals surface area contributed by atoms with Crippen LogP contribution < -0.4 is 11.1 Å². The van der Waals surface area contributed by atoms with Gasteiger partial charge in [0, 0.05) is 4.90 Å². The molecule has 0 radical (unpaired) electrons. The van der Waals surface area contributed by atoms with Gasteiger partial charge in [-0.3, -0.25) is 14.4 Å². The monoisotopic (exact) mass is 376 g/mol. The van der Waals surface area contributed by atoms with Gasteiger partial charge >= 0.3 is 5.97 Å². The van der Waals surface area contributed by atoms with Crippen molar-refractivity contribution >= 4 is 35.2 Å². The molecule has 0 aliphatic carbocycles. The van der Waals surface area contributed by atoms with Crippen LogP contribution in [0.5, 0.6) is 0 Å². The fraction of sp³-hybridized carbons (Fsp3) is 0.167. The average Bonchev–Trinajstić information content (AvgIpc) is 2.61. The van der Waals surface area contributed by atoms with Crippen molar-refractivity contribution in [1.82, 2.24) is 0 Å². The Morgan fingerprint density at radius 2 is 1.77 bits per heavy atom. The lowest BCUT2D eigenvalue weighted by atomic mass is 10.1. The number of nitrogens with one attached hydrogen (secondary N) is 1. The van der Waals surface area contributed by atoms with Crippen molar-refractivity contribution in [2.45, 2.75) is 11.3 Å². The Hall–Kier alpha value is -2.87. The van der Waals surface area contributed by atoms with Crippen LogP contribution in [0.25, 0.3) is 0 Å². The van der Waals surface area contributed by atoms with Gasteiger partial charge in [-0.2, -0.15) is 0 Å². The topological polar surface area (TPSA) is 98.5 Å². The molecule has 2 aromatic rings. The molecule has 2 rings (SSSR count). The molecule has 0 saturated carbocycles. The molecule has 26 heavy (non-hydrogen) atoms. The lowest BCUT2D eigenvalue weighted by molar-refractivity contribution is -0.146. The van der Waals surface area contributed by atoms with Gasteiger partial charge in [0.1, 0.15) is 5.82 Å². The van der Waals surface area contributed by atoms with Crippen molar-refractivity contribution < 1.29 is 23.5 Å². The molecule has 0 atom stereocenters. The summed E-state index contributed by atoms with van der Waals surface area (Å²) in [5, 5.41) is 2.60. The van der Waals surface area contributed by atoms with Crippen LogP contribution in [-0.2, 0) is 25.5 Å². The molecule has 0 spiro atoms. The van der Waals surface area contributed by atoms with E-state index in [2.05, 4.69) is 5.32 Å². The Morgan fingerprint density at radius 3 is 2.50 bits per heavy atom. The van der Waals surface area contributed by atoms with E-state index in [-0.39, 0.29) is 17.7 Å². The van der Waals surface area contributed by atoms with E-state index < -0.39 is 30.2 Å². The van der Waals surface area contributed by atoms with E-state index in [4.69, 9.17) is 10.5 Å². The largest absolute Gasteiger partial charge is 0.455 e. The summed E-state index contributed by atoms with van der Waals surface area (Å²) in [5.41, 5.74) is 5.80. The number of nitrogens with two attached hydrogens (primary N) is 1. The number of benzene rings is 2. The summed E-state index contributed by atoms with van der Waals surface area (Å²) >= 11 is 1.19. The smallest absolute Gasteiger partial charge is 0.310 e. The highest BCUT2D eigenvalue weighted by Crippen LogP contribution is 2.26. The zero-order valence-corrected chi connectivity index (χ0v) is 14.6. The van der Waals surface area contributed by atoms with E-state index in [0.29, 0.717) is 10.6 Å². The van der Waals surface area contributed by atoms with Crippen LogP contribution in [0.2, 0.25) is 0 Å². The number of rotatable bonds is 8. The maximum absolute atomic E-state index is 13.5. The minimum atomic E-state index is -0.707. The Kier molecular flexibility index (Phi) is 7.16. The molecule has 0 aliphatic heterocycles. The van der Waals surface area contributed by atoms with Gasteiger partial charge in [0.15, 0.2) is 6.61 Å². The number of carbonyl (C=O) groups excluding carboxylic acids is 3. The van der Waals surface area contributed by atoms with Crippen LogP contribution in [0, 0.1) is 5.82 Å². The fourth-order valence-corrected chi connectivity index (χ4v) is 2.77. The summed E-state index contributed by atoms with van der Waals surface area (Å²) in [7, 11) is 0. The molecule has 0 bridgehead atoms. The molecule has 0 fully saturated rings. The fourth-order valence-electron chi connectivity index (χ4n) is 2.03. The third-order valence-corrected chi connectivity index (χ3v) is 4.28. The minimum absolute atomic E-state index is 0.0739. The Labute approximate surface area is 153 Å². The van der Waals surface area contributed by atoms with E-state index in [1.807, 2.05) is 0 Å². The number of halogens is 1. The summed E-state index contributed by atoms with van der Waals surface area (Å²) in [6, 6.07) is 12.7. The van der Waals surface area contributed by atoms with Crippen LogP contribution in [-0.4, -0.2) is 30.1 Å². The highest BCUT2D eigenvalue weighted by Gasteiger charge is 2.13. The number of hydrogen-bond acceptors (Lipinski definition) is 5. The number of amides is 2. The number of carbonyl (C=O) groups is 3. The molecule has 6 nitrogen and oxygen atoms in total. The normalized spacial score (nSPS) is 10.2. The third-order valence-electron chi connectivity index (χ3n) is 3.19. The number of thioether (sulfide) groups is 1. The summed E-state index contributed by atoms with van der Waals surface area (Å²) in [6.45, 7) is -0.498. The van der Waals surface area contributed by atoms with Crippen molar-refractivity contribution in [3.8, 4) is 0 Å². The lowest BCUT2D eigenvalue weighted by Crippen LogP contribution is -2.22. The van der Waals surface area contributed by atoms with Crippen LogP contribution >= 0.6 is 11.8 Å². The molecular weight excluding hydrogens is 359 g/mol. The molecule has 2 amide bonds. The van der Waals surface area contributed by atoms with E-state index in [1.165, 1.54) is 30.0 Å².